The molecule has 2 rings (SSSR count). The molecule has 0 aliphatic carbocycles. The first-order valence-electron chi connectivity index (χ1n) is 7.53. The average Bonchev–Trinajstić information content (AvgIpc) is 3.01. The van der Waals surface area contributed by atoms with Crippen LogP contribution in [0.4, 0.5) is 13.2 Å². The summed E-state index contributed by atoms with van der Waals surface area (Å²) in [6, 6.07) is 5.54. The molecular formula is C15H16F3N5O3. The summed E-state index contributed by atoms with van der Waals surface area (Å²) in [5.41, 5.74) is 6.07. The van der Waals surface area contributed by atoms with E-state index in [1.165, 1.54) is 28.9 Å². The number of rotatable bonds is 7. The summed E-state index contributed by atoms with van der Waals surface area (Å²) in [6.07, 6.45) is -3.86. The number of aromatic nitrogens is 3. The number of hydrogen-bond donors (Lipinski definition) is 3. The lowest BCUT2D eigenvalue weighted by Gasteiger charge is -2.10. The summed E-state index contributed by atoms with van der Waals surface area (Å²) in [4.78, 5) is 23.1. The van der Waals surface area contributed by atoms with Gasteiger partial charge in [-0.3, -0.25) is 9.59 Å². The van der Waals surface area contributed by atoms with Crippen molar-refractivity contribution in [3.63, 3.8) is 0 Å². The van der Waals surface area contributed by atoms with Gasteiger partial charge in [0.2, 0.25) is 0 Å². The van der Waals surface area contributed by atoms with Crippen molar-refractivity contribution in [2.75, 3.05) is 13.2 Å². The van der Waals surface area contributed by atoms with E-state index in [2.05, 4.69) is 10.3 Å². The Morgan fingerprint density at radius 3 is 2.42 bits per heavy atom. The summed E-state index contributed by atoms with van der Waals surface area (Å²) in [5, 5.41) is 18.3. The fourth-order valence-corrected chi connectivity index (χ4v) is 2.21. The van der Waals surface area contributed by atoms with Gasteiger partial charge < -0.3 is 16.2 Å². The van der Waals surface area contributed by atoms with Gasteiger partial charge in [-0.1, -0.05) is 5.21 Å². The van der Waals surface area contributed by atoms with Gasteiger partial charge in [-0.15, -0.1) is 5.10 Å². The third kappa shape index (κ3) is 4.79. The molecule has 0 atom stereocenters. The topological polar surface area (TPSA) is 123 Å². The fourth-order valence-electron chi connectivity index (χ4n) is 2.21. The molecule has 8 nitrogen and oxygen atoms in total. The summed E-state index contributed by atoms with van der Waals surface area (Å²) in [5.74, 6) is -1.64. The molecule has 0 saturated carbocycles. The van der Waals surface area contributed by atoms with E-state index in [1.54, 1.807) is 5.32 Å². The van der Waals surface area contributed by atoms with Crippen molar-refractivity contribution in [2.45, 2.75) is 19.0 Å². The van der Waals surface area contributed by atoms with Crippen molar-refractivity contribution in [1.82, 2.24) is 20.3 Å². The van der Waals surface area contributed by atoms with Crippen LogP contribution in [0.5, 0.6) is 0 Å². The third-order valence-electron chi connectivity index (χ3n) is 3.39. The van der Waals surface area contributed by atoms with Gasteiger partial charge in [0.05, 0.1) is 11.4 Å². The summed E-state index contributed by atoms with van der Waals surface area (Å²) < 4.78 is 37.8. The van der Waals surface area contributed by atoms with Crippen LogP contribution in [0.2, 0.25) is 0 Å². The number of aliphatic hydroxyl groups excluding tert-OH is 1. The number of nitrogens with zero attached hydrogens (tertiary/aromatic N) is 3. The molecule has 2 amide bonds. The molecule has 0 saturated heterocycles. The van der Waals surface area contributed by atoms with E-state index < -0.39 is 24.5 Å². The Bertz CT molecular complexity index is 787. The number of aliphatic hydroxyl groups is 1. The molecule has 0 bridgehead atoms. The molecule has 0 aliphatic heterocycles. The van der Waals surface area contributed by atoms with Gasteiger partial charge in [-0.05, 0) is 37.1 Å². The number of nitrogens with two attached hydrogens (primary N) is 1. The standard InChI is InChI=1S/C15H16F3N5O3/c16-15(17,18)8-20-14(26)9-3-5-10(6-4-9)23-11(2-1-7-24)12(13(19)25)21-22-23/h3-6,24H,1-2,7-8H2,(H2,19,25)(H,20,26). The third-order valence-corrected chi connectivity index (χ3v) is 3.39. The number of primary amides is 1. The van der Waals surface area contributed by atoms with Crippen molar-refractivity contribution >= 4 is 11.8 Å². The lowest BCUT2D eigenvalue weighted by Crippen LogP contribution is -2.33. The molecule has 1 heterocycles. The van der Waals surface area contributed by atoms with Crippen molar-refractivity contribution in [2.24, 2.45) is 5.73 Å². The number of halogens is 3. The molecule has 4 N–H and O–H groups in total. The summed E-state index contributed by atoms with van der Waals surface area (Å²) >= 11 is 0. The fraction of sp³-hybridized carbons (Fsp3) is 0.333. The van der Waals surface area contributed by atoms with Crippen LogP contribution in [-0.2, 0) is 6.42 Å². The molecule has 0 spiro atoms. The second-order valence-electron chi connectivity index (χ2n) is 5.33. The van der Waals surface area contributed by atoms with Crippen LogP contribution in [0.25, 0.3) is 5.69 Å². The minimum Gasteiger partial charge on any atom is -0.396 e. The van der Waals surface area contributed by atoms with E-state index in [9.17, 15) is 22.8 Å². The number of alkyl halides is 3. The SMILES string of the molecule is NC(=O)c1nnn(-c2ccc(C(=O)NCC(F)(F)F)cc2)c1CCCO. The number of nitrogens with one attached hydrogen (secondary N) is 1. The number of amides is 2. The maximum atomic E-state index is 12.1. The minimum absolute atomic E-state index is 0.0325. The Labute approximate surface area is 145 Å². The van der Waals surface area contributed by atoms with Gasteiger partial charge in [0.25, 0.3) is 11.8 Å². The van der Waals surface area contributed by atoms with Crippen LogP contribution in [0.1, 0.15) is 33.0 Å². The molecular weight excluding hydrogens is 355 g/mol. The summed E-state index contributed by atoms with van der Waals surface area (Å²) in [6.45, 7) is -1.54. The lowest BCUT2D eigenvalue weighted by atomic mass is 10.1. The van der Waals surface area contributed by atoms with Crippen molar-refractivity contribution in [3.8, 4) is 5.69 Å². The van der Waals surface area contributed by atoms with Gasteiger partial charge in [-0.2, -0.15) is 13.2 Å². The van der Waals surface area contributed by atoms with Gasteiger partial charge in [0, 0.05) is 12.2 Å². The molecule has 140 valence electrons. The first-order chi connectivity index (χ1) is 12.2. The van der Waals surface area contributed by atoms with Crippen molar-refractivity contribution in [3.05, 3.63) is 41.2 Å². The molecule has 26 heavy (non-hydrogen) atoms. The molecule has 1 aromatic heterocycles. The number of carbonyl (C=O) groups is 2. The maximum Gasteiger partial charge on any atom is 0.405 e. The molecule has 0 radical (unpaired) electrons. The van der Waals surface area contributed by atoms with Crippen LogP contribution in [0.15, 0.2) is 24.3 Å². The Morgan fingerprint density at radius 1 is 1.23 bits per heavy atom. The monoisotopic (exact) mass is 371 g/mol. The predicted octanol–water partition coefficient (Wildman–Crippen LogP) is 0.583. The van der Waals surface area contributed by atoms with Gasteiger partial charge >= 0.3 is 6.18 Å². The second kappa shape index (κ2) is 7.95. The zero-order chi connectivity index (χ0) is 19.3. The number of carbonyl (C=O) groups excluding carboxylic acids is 2. The van der Waals surface area contributed by atoms with Gasteiger partial charge in [0.15, 0.2) is 5.69 Å². The van der Waals surface area contributed by atoms with E-state index in [1.807, 2.05) is 0 Å². The maximum absolute atomic E-state index is 12.1. The molecule has 0 unspecified atom stereocenters. The number of benzene rings is 1. The van der Waals surface area contributed by atoms with E-state index in [0.717, 1.165) is 0 Å². The van der Waals surface area contributed by atoms with E-state index in [-0.39, 0.29) is 24.3 Å². The van der Waals surface area contributed by atoms with Crippen LogP contribution < -0.4 is 11.1 Å². The van der Waals surface area contributed by atoms with Gasteiger partial charge in [0.1, 0.15) is 6.54 Å². The van der Waals surface area contributed by atoms with E-state index in [4.69, 9.17) is 10.8 Å². The van der Waals surface area contributed by atoms with Crippen LogP contribution in [0.3, 0.4) is 0 Å². The lowest BCUT2D eigenvalue weighted by molar-refractivity contribution is -0.123. The van der Waals surface area contributed by atoms with Crippen molar-refractivity contribution in [1.29, 1.82) is 0 Å². The highest BCUT2D eigenvalue weighted by atomic mass is 19.4. The van der Waals surface area contributed by atoms with E-state index in [0.29, 0.717) is 17.8 Å². The molecule has 0 fully saturated rings. The van der Waals surface area contributed by atoms with Crippen LogP contribution in [-0.4, -0.2) is 51.2 Å². The average molecular weight is 371 g/mol. The largest absolute Gasteiger partial charge is 0.405 e. The Balaban J connectivity index is 2.22. The highest BCUT2D eigenvalue weighted by Gasteiger charge is 2.28. The Hall–Kier alpha value is -2.95. The Kier molecular flexibility index (Phi) is 5.93. The minimum atomic E-state index is -4.50. The Morgan fingerprint density at radius 2 is 1.88 bits per heavy atom. The predicted molar refractivity (Wildman–Crippen MR) is 83.7 cm³/mol. The smallest absolute Gasteiger partial charge is 0.396 e. The molecule has 0 aliphatic rings. The van der Waals surface area contributed by atoms with E-state index >= 15 is 0 Å². The zero-order valence-electron chi connectivity index (χ0n) is 13.5. The zero-order valence-corrected chi connectivity index (χ0v) is 13.5. The van der Waals surface area contributed by atoms with Crippen molar-refractivity contribution < 1.29 is 27.9 Å². The first-order valence-corrected chi connectivity index (χ1v) is 7.53. The van der Waals surface area contributed by atoms with Crippen LogP contribution in [0, 0.1) is 0 Å². The molecule has 11 heteroatoms. The first kappa shape index (κ1) is 19.4. The molecule has 2 aromatic rings. The van der Waals surface area contributed by atoms with Crippen LogP contribution >= 0.6 is 0 Å². The quantitative estimate of drug-likeness (QED) is 0.657. The highest BCUT2D eigenvalue weighted by molar-refractivity contribution is 5.94. The normalized spacial score (nSPS) is 11.4. The molecule has 1 aromatic carbocycles. The number of hydrogen-bond acceptors (Lipinski definition) is 5. The highest BCUT2D eigenvalue weighted by Crippen LogP contribution is 2.16. The summed E-state index contributed by atoms with van der Waals surface area (Å²) in [7, 11) is 0. The second-order valence-corrected chi connectivity index (χ2v) is 5.33. The van der Waals surface area contributed by atoms with Gasteiger partial charge in [-0.25, -0.2) is 4.68 Å².